The molecule has 0 fully saturated rings. The zero-order chi connectivity index (χ0) is 14.0. The molecule has 2 aromatic rings. The fourth-order valence-electron chi connectivity index (χ4n) is 1.59. The van der Waals surface area contributed by atoms with Gasteiger partial charge in [-0.15, -0.1) is 0 Å². The standard InChI is InChI=1S/C11H13BrN4O2S/c1-2-7-6-14-15-11(7)16-19(17,18)10-4-3-8(13)5-9(10)12/h3-6H,2,13H2,1H3,(H2,14,15,16). The van der Waals surface area contributed by atoms with Crippen molar-refractivity contribution in [1.29, 1.82) is 0 Å². The first-order chi connectivity index (χ1) is 8.94. The summed E-state index contributed by atoms with van der Waals surface area (Å²) < 4.78 is 27.4. The van der Waals surface area contributed by atoms with Crippen LogP contribution in [0.25, 0.3) is 0 Å². The van der Waals surface area contributed by atoms with E-state index in [1.54, 1.807) is 12.3 Å². The van der Waals surface area contributed by atoms with Gasteiger partial charge in [0, 0.05) is 15.7 Å². The SMILES string of the molecule is CCc1cn[nH]c1NS(=O)(=O)c1ccc(N)cc1Br. The number of nitrogen functional groups attached to an aromatic ring is 1. The first kappa shape index (κ1) is 13.9. The molecule has 0 spiro atoms. The number of benzene rings is 1. The molecule has 1 aromatic heterocycles. The normalized spacial score (nSPS) is 11.5. The molecule has 0 saturated heterocycles. The van der Waals surface area contributed by atoms with Gasteiger partial charge < -0.3 is 5.73 Å². The van der Waals surface area contributed by atoms with Gasteiger partial charge in [-0.2, -0.15) is 5.10 Å². The number of halogens is 1. The maximum Gasteiger partial charge on any atom is 0.264 e. The average Bonchev–Trinajstić information content (AvgIpc) is 2.74. The summed E-state index contributed by atoms with van der Waals surface area (Å²) in [6, 6.07) is 4.53. The minimum Gasteiger partial charge on any atom is -0.399 e. The molecular weight excluding hydrogens is 332 g/mol. The highest BCUT2D eigenvalue weighted by Crippen LogP contribution is 2.26. The van der Waals surface area contributed by atoms with E-state index in [0.29, 0.717) is 22.4 Å². The molecule has 0 aliphatic heterocycles. The van der Waals surface area contributed by atoms with Gasteiger partial charge in [0.2, 0.25) is 0 Å². The smallest absolute Gasteiger partial charge is 0.264 e. The Labute approximate surface area is 119 Å². The molecule has 6 nitrogen and oxygen atoms in total. The van der Waals surface area contributed by atoms with Crippen molar-refractivity contribution in [3.8, 4) is 0 Å². The lowest BCUT2D eigenvalue weighted by molar-refractivity contribution is 0.600. The summed E-state index contributed by atoms with van der Waals surface area (Å²) in [5.41, 5.74) is 6.88. The van der Waals surface area contributed by atoms with E-state index >= 15 is 0 Å². The highest BCUT2D eigenvalue weighted by molar-refractivity contribution is 9.10. The minimum atomic E-state index is -3.69. The molecule has 0 atom stereocenters. The van der Waals surface area contributed by atoms with Crippen LogP contribution in [0, 0.1) is 0 Å². The largest absolute Gasteiger partial charge is 0.399 e. The zero-order valence-electron chi connectivity index (χ0n) is 10.1. The first-order valence-electron chi connectivity index (χ1n) is 5.54. The number of rotatable bonds is 4. The maximum absolute atomic E-state index is 12.3. The summed E-state index contributed by atoms with van der Waals surface area (Å²) in [7, 11) is -3.69. The van der Waals surface area contributed by atoms with Crippen LogP contribution in [0.5, 0.6) is 0 Å². The summed E-state index contributed by atoms with van der Waals surface area (Å²) in [4.78, 5) is 0.123. The van der Waals surface area contributed by atoms with Crippen LogP contribution in [0.1, 0.15) is 12.5 Å². The van der Waals surface area contributed by atoms with E-state index in [1.807, 2.05) is 6.92 Å². The summed E-state index contributed by atoms with van der Waals surface area (Å²) in [5.74, 6) is 0.381. The summed E-state index contributed by atoms with van der Waals surface area (Å²) >= 11 is 3.20. The highest BCUT2D eigenvalue weighted by atomic mass is 79.9. The van der Waals surface area contributed by atoms with Gasteiger partial charge in [0.25, 0.3) is 10.0 Å². The molecule has 2 rings (SSSR count). The van der Waals surface area contributed by atoms with Crippen molar-refractivity contribution in [2.24, 2.45) is 0 Å². The molecule has 0 aliphatic rings. The van der Waals surface area contributed by atoms with E-state index in [9.17, 15) is 8.42 Å². The Hall–Kier alpha value is -1.54. The van der Waals surface area contributed by atoms with Crippen LogP contribution >= 0.6 is 15.9 Å². The monoisotopic (exact) mass is 344 g/mol. The predicted molar refractivity (Wildman–Crippen MR) is 77.3 cm³/mol. The van der Waals surface area contributed by atoms with Crippen LogP contribution in [0.2, 0.25) is 0 Å². The van der Waals surface area contributed by atoms with E-state index in [2.05, 4.69) is 30.8 Å². The summed E-state index contributed by atoms with van der Waals surface area (Å²) in [6.07, 6.45) is 2.27. The second-order valence-electron chi connectivity index (χ2n) is 3.92. The average molecular weight is 345 g/mol. The van der Waals surface area contributed by atoms with E-state index in [1.165, 1.54) is 12.1 Å². The van der Waals surface area contributed by atoms with Gasteiger partial charge in [-0.05, 0) is 40.5 Å². The number of hydrogen-bond acceptors (Lipinski definition) is 4. The molecule has 0 amide bonds. The van der Waals surface area contributed by atoms with Crippen molar-refractivity contribution in [2.45, 2.75) is 18.2 Å². The van der Waals surface area contributed by atoms with E-state index in [4.69, 9.17) is 5.73 Å². The molecule has 8 heteroatoms. The number of aryl methyl sites for hydroxylation is 1. The van der Waals surface area contributed by atoms with Gasteiger partial charge in [0.1, 0.15) is 10.7 Å². The second kappa shape index (κ2) is 5.22. The van der Waals surface area contributed by atoms with Crippen LogP contribution in [0.3, 0.4) is 0 Å². The van der Waals surface area contributed by atoms with Crippen molar-refractivity contribution < 1.29 is 8.42 Å². The van der Waals surface area contributed by atoms with Crippen molar-refractivity contribution >= 4 is 37.5 Å². The summed E-state index contributed by atoms with van der Waals surface area (Å²) in [5, 5.41) is 6.46. The number of hydrogen-bond donors (Lipinski definition) is 3. The molecular formula is C11H13BrN4O2S. The number of anilines is 2. The number of nitrogens with zero attached hydrogens (tertiary/aromatic N) is 1. The third-order valence-corrected chi connectivity index (χ3v) is 4.91. The molecule has 0 radical (unpaired) electrons. The zero-order valence-corrected chi connectivity index (χ0v) is 12.5. The fraction of sp³-hybridized carbons (Fsp3) is 0.182. The molecule has 0 bridgehead atoms. The highest BCUT2D eigenvalue weighted by Gasteiger charge is 2.19. The molecule has 4 N–H and O–H groups in total. The maximum atomic E-state index is 12.3. The van der Waals surface area contributed by atoms with E-state index < -0.39 is 10.0 Å². The van der Waals surface area contributed by atoms with Crippen LogP contribution < -0.4 is 10.5 Å². The van der Waals surface area contributed by atoms with Crippen molar-refractivity contribution in [2.75, 3.05) is 10.5 Å². The quantitative estimate of drug-likeness (QED) is 0.739. The second-order valence-corrected chi connectivity index (χ2v) is 6.42. The first-order valence-corrected chi connectivity index (χ1v) is 7.81. The molecule has 102 valence electrons. The van der Waals surface area contributed by atoms with Crippen molar-refractivity contribution in [1.82, 2.24) is 10.2 Å². The van der Waals surface area contributed by atoms with Gasteiger partial charge in [0.15, 0.2) is 0 Å². The van der Waals surface area contributed by atoms with Gasteiger partial charge in [-0.3, -0.25) is 9.82 Å². The molecule has 0 aliphatic carbocycles. The van der Waals surface area contributed by atoms with Gasteiger partial charge >= 0.3 is 0 Å². The number of nitrogens with one attached hydrogen (secondary N) is 2. The van der Waals surface area contributed by atoms with Crippen molar-refractivity contribution in [3.63, 3.8) is 0 Å². The Morgan fingerprint density at radius 1 is 1.47 bits per heavy atom. The number of aromatic nitrogens is 2. The Morgan fingerprint density at radius 2 is 2.21 bits per heavy atom. The van der Waals surface area contributed by atoms with Crippen LogP contribution in [-0.4, -0.2) is 18.6 Å². The number of aromatic amines is 1. The third kappa shape index (κ3) is 2.90. The summed E-state index contributed by atoms with van der Waals surface area (Å²) in [6.45, 7) is 1.92. The van der Waals surface area contributed by atoms with Crippen molar-refractivity contribution in [3.05, 3.63) is 34.4 Å². The number of nitrogens with two attached hydrogens (primary N) is 1. The van der Waals surface area contributed by atoms with E-state index in [0.717, 1.165) is 5.56 Å². The van der Waals surface area contributed by atoms with Crippen LogP contribution in [-0.2, 0) is 16.4 Å². The van der Waals surface area contributed by atoms with Gasteiger partial charge in [-0.25, -0.2) is 8.42 Å². The fourth-order valence-corrected chi connectivity index (χ4v) is 3.75. The van der Waals surface area contributed by atoms with Gasteiger partial charge in [0.05, 0.1) is 6.20 Å². The Morgan fingerprint density at radius 3 is 2.84 bits per heavy atom. The van der Waals surface area contributed by atoms with Crippen LogP contribution in [0.15, 0.2) is 33.8 Å². The lowest BCUT2D eigenvalue weighted by Crippen LogP contribution is -2.15. The molecule has 0 saturated carbocycles. The lowest BCUT2D eigenvalue weighted by atomic mass is 10.3. The molecule has 19 heavy (non-hydrogen) atoms. The van der Waals surface area contributed by atoms with Crippen LogP contribution in [0.4, 0.5) is 11.5 Å². The van der Waals surface area contributed by atoms with Gasteiger partial charge in [-0.1, -0.05) is 6.92 Å². The lowest BCUT2D eigenvalue weighted by Gasteiger charge is -2.09. The topological polar surface area (TPSA) is 101 Å². The number of sulfonamides is 1. The van der Waals surface area contributed by atoms with E-state index in [-0.39, 0.29) is 4.90 Å². The molecule has 1 heterocycles. The number of H-pyrrole nitrogens is 1. The molecule has 1 aromatic carbocycles. The Balaban J connectivity index is 2.38. The predicted octanol–water partition coefficient (Wildman–Crippen LogP) is 2.12. The Kier molecular flexibility index (Phi) is 3.81. The Bertz CT molecular complexity index is 696. The third-order valence-electron chi connectivity index (χ3n) is 2.58. The molecule has 0 unspecified atom stereocenters. The minimum absolute atomic E-state index is 0.123.